The Labute approximate surface area is 157 Å². The van der Waals surface area contributed by atoms with Crippen LogP contribution in [0.4, 0.5) is 0 Å². The van der Waals surface area contributed by atoms with Gasteiger partial charge in [0.15, 0.2) is 0 Å². The fourth-order valence-corrected chi connectivity index (χ4v) is 3.28. The molecule has 2 fully saturated rings. The van der Waals surface area contributed by atoms with Gasteiger partial charge in [0.1, 0.15) is 0 Å². The van der Waals surface area contributed by atoms with Crippen molar-refractivity contribution >= 4 is 6.72 Å². The van der Waals surface area contributed by atoms with Gasteiger partial charge in [0.2, 0.25) is 0 Å². The zero-order valence-electron chi connectivity index (χ0n) is 16.1. The van der Waals surface area contributed by atoms with Gasteiger partial charge in [0.25, 0.3) is 0 Å². The molecule has 2 aliphatic rings. The molecule has 2 saturated heterocycles. The van der Waals surface area contributed by atoms with Crippen LogP contribution in [0.5, 0.6) is 0 Å². The van der Waals surface area contributed by atoms with Crippen LogP contribution in [0.15, 0.2) is 40.1 Å². The Morgan fingerprint density at radius 3 is 2.27 bits per heavy atom. The lowest BCUT2D eigenvalue weighted by Crippen LogP contribution is -2.37. The van der Waals surface area contributed by atoms with E-state index < -0.39 is 0 Å². The lowest BCUT2D eigenvalue weighted by molar-refractivity contribution is 0.0426. The predicted molar refractivity (Wildman–Crippen MR) is 106 cm³/mol. The fourth-order valence-electron chi connectivity index (χ4n) is 3.28. The maximum atomic E-state index is 9.59. The van der Waals surface area contributed by atoms with Gasteiger partial charge in [-0.25, -0.2) is 0 Å². The average Bonchev–Trinajstić information content (AvgIpc) is 2.91. The van der Waals surface area contributed by atoms with Crippen molar-refractivity contribution in [1.29, 1.82) is 0 Å². The molecule has 0 spiro atoms. The van der Waals surface area contributed by atoms with Gasteiger partial charge in [-0.2, -0.15) is 0 Å². The molecule has 1 N–H and O–H groups in total. The lowest BCUT2D eigenvalue weighted by atomic mass is 10.0. The molecule has 0 aromatic rings. The Kier molecular flexibility index (Phi) is 9.22. The molecule has 0 aromatic heterocycles. The van der Waals surface area contributed by atoms with Crippen LogP contribution in [-0.4, -0.2) is 93.9 Å². The Hall–Kier alpha value is -1.31. The van der Waals surface area contributed by atoms with Crippen molar-refractivity contribution in [1.82, 2.24) is 9.80 Å². The standard InChI is InChI=1S/C20H33N3O3/c1-17(14-23-7-11-26-12-8-23)13-19(18(2)20(16-24)21-3)15-22-5-4-9-25-10-6-22/h13,24H,1,3-12,14-16H2,2H3/b19-13-,20-18+. The number of morpholine rings is 1. The van der Waals surface area contributed by atoms with Crippen LogP contribution in [-0.2, 0) is 9.47 Å². The molecule has 146 valence electrons. The summed E-state index contributed by atoms with van der Waals surface area (Å²) in [5.41, 5.74) is 3.81. The summed E-state index contributed by atoms with van der Waals surface area (Å²) >= 11 is 0. The van der Waals surface area contributed by atoms with Crippen LogP contribution in [0, 0.1) is 0 Å². The highest BCUT2D eigenvalue weighted by molar-refractivity contribution is 5.42. The van der Waals surface area contributed by atoms with Crippen LogP contribution in [0.3, 0.4) is 0 Å². The molecule has 6 nitrogen and oxygen atoms in total. The summed E-state index contributed by atoms with van der Waals surface area (Å²) in [6, 6.07) is 0. The van der Waals surface area contributed by atoms with Crippen LogP contribution in [0.2, 0.25) is 0 Å². The molecule has 2 heterocycles. The molecule has 0 saturated carbocycles. The molecule has 0 aliphatic carbocycles. The summed E-state index contributed by atoms with van der Waals surface area (Å²) in [5.74, 6) is 0. The Balaban J connectivity index is 2.13. The van der Waals surface area contributed by atoms with Crippen LogP contribution in [0.1, 0.15) is 13.3 Å². The Bertz CT molecular complexity index is 528. The largest absolute Gasteiger partial charge is 0.390 e. The summed E-state index contributed by atoms with van der Waals surface area (Å²) < 4.78 is 11.0. The predicted octanol–water partition coefficient (Wildman–Crippen LogP) is 1.49. The summed E-state index contributed by atoms with van der Waals surface area (Å²) in [7, 11) is 0. The first-order valence-electron chi connectivity index (χ1n) is 9.40. The SMILES string of the molecule is C=N/C(CO)=C(C)/C(=C\C(=C)CN1CCOCC1)CN1CCCOCC1. The van der Waals surface area contributed by atoms with Gasteiger partial charge in [-0.15, -0.1) is 0 Å². The van der Waals surface area contributed by atoms with E-state index in [-0.39, 0.29) is 6.61 Å². The van der Waals surface area contributed by atoms with Crippen molar-refractivity contribution in [3.05, 3.63) is 35.1 Å². The van der Waals surface area contributed by atoms with Crippen molar-refractivity contribution in [3.63, 3.8) is 0 Å². The highest BCUT2D eigenvalue weighted by atomic mass is 16.5. The molecule has 0 amide bonds. The van der Waals surface area contributed by atoms with Crippen molar-refractivity contribution < 1.29 is 14.6 Å². The first-order valence-corrected chi connectivity index (χ1v) is 9.40. The third-order valence-electron chi connectivity index (χ3n) is 4.87. The van der Waals surface area contributed by atoms with Gasteiger partial charge < -0.3 is 14.6 Å². The minimum atomic E-state index is -0.105. The second kappa shape index (κ2) is 11.4. The average molecular weight is 364 g/mol. The van der Waals surface area contributed by atoms with Gasteiger partial charge >= 0.3 is 0 Å². The van der Waals surface area contributed by atoms with Gasteiger partial charge in [0, 0.05) is 45.9 Å². The zero-order valence-corrected chi connectivity index (χ0v) is 16.1. The number of rotatable bonds is 8. The van der Waals surface area contributed by atoms with Crippen LogP contribution >= 0.6 is 0 Å². The topological polar surface area (TPSA) is 57.5 Å². The van der Waals surface area contributed by atoms with Crippen molar-refractivity contribution in [3.8, 4) is 0 Å². The molecule has 6 heteroatoms. The van der Waals surface area contributed by atoms with Gasteiger partial charge in [-0.3, -0.25) is 14.8 Å². The van der Waals surface area contributed by atoms with E-state index in [9.17, 15) is 5.11 Å². The van der Waals surface area contributed by atoms with E-state index in [1.165, 1.54) is 0 Å². The molecule has 0 bridgehead atoms. The molecule has 2 rings (SSSR count). The third kappa shape index (κ3) is 6.78. The number of ether oxygens (including phenoxy) is 2. The maximum Gasteiger partial charge on any atom is 0.0855 e. The van der Waals surface area contributed by atoms with Crippen molar-refractivity contribution in [2.75, 3.05) is 72.3 Å². The quantitative estimate of drug-likeness (QED) is 0.523. The van der Waals surface area contributed by atoms with Crippen molar-refractivity contribution in [2.45, 2.75) is 13.3 Å². The molecule has 26 heavy (non-hydrogen) atoms. The van der Waals surface area contributed by atoms with E-state index >= 15 is 0 Å². The molecule has 0 aromatic carbocycles. The second-order valence-electron chi connectivity index (χ2n) is 6.85. The molecular weight excluding hydrogens is 330 g/mol. The minimum Gasteiger partial charge on any atom is -0.390 e. The number of nitrogens with zero attached hydrogens (tertiary/aromatic N) is 3. The fraction of sp³-hybridized carbons (Fsp3) is 0.650. The van der Waals surface area contributed by atoms with Gasteiger partial charge in [0.05, 0.1) is 32.1 Å². The van der Waals surface area contributed by atoms with E-state index in [1.807, 2.05) is 6.92 Å². The highest BCUT2D eigenvalue weighted by Crippen LogP contribution is 2.20. The normalized spacial score (nSPS) is 21.8. The zero-order chi connectivity index (χ0) is 18.8. The number of hydrogen-bond acceptors (Lipinski definition) is 6. The van der Waals surface area contributed by atoms with Crippen LogP contribution < -0.4 is 0 Å². The maximum absolute atomic E-state index is 9.59. The molecule has 0 radical (unpaired) electrons. The van der Waals surface area contributed by atoms with E-state index in [2.05, 4.69) is 34.2 Å². The summed E-state index contributed by atoms with van der Waals surface area (Å²) in [5, 5.41) is 9.59. The second-order valence-corrected chi connectivity index (χ2v) is 6.85. The smallest absolute Gasteiger partial charge is 0.0855 e. The van der Waals surface area contributed by atoms with E-state index in [0.717, 1.165) is 88.8 Å². The summed E-state index contributed by atoms with van der Waals surface area (Å²) in [6.07, 6.45) is 3.19. The Morgan fingerprint density at radius 2 is 1.65 bits per heavy atom. The number of aliphatic imine (C=N–C) groups is 1. The molecule has 0 unspecified atom stereocenters. The summed E-state index contributed by atoms with van der Waals surface area (Å²) in [4.78, 5) is 8.75. The highest BCUT2D eigenvalue weighted by Gasteiger charge is 2.16. The number of aliphatic hydroxyl groups excluding tert-OH is 1. The van der Waals surface area contributed by atoms with Gasteiger partial charge in [-0.05, 0) is 36.8 Å². The molecule has 2 aliphatic heterocycles. The minimum absolute atomic E-state index is 0.105. The number of hydrogen-bond donors (Lipinski definition) is 1. The number of aliphatic hydroxyl groups is 1. The van der Waals surface area contributed by atoms with E-state index in [0.29, 0.717) is 5.70 Å². The Morgan fingerprint density at radius 1 is 1.04 bits per heavy atom. The van der Waals surface area contributed by atoms with Crippen LogP contribution in [0.25, 0.3) is 0 Å². The first-order chi connectivity index (χ1) is 12.6. The van der Waals surface area contributed by atoms with Gasteiger partial charge in [-0.1, -0.05) is 12.7 Å². The summed E-state index contributed by atoms with van der Waals surface area (Å²) in [6.45, 7) is 18.3. The van der Waals surface area contributed by atoms with E-state index in [1.54, 1.807) is 0 Å². The molecule has 0 atom stereocenters. The lowest BCUT2D eigenvalue weighted by Gasteiger charge is -2.27. The van der Waals surface area contributed by atoms with Crippen molar-refractivity contribution in [2.24, 2.45) is 4.99 Å². The first kappa shape index (κ1) is 21.0. The third-order valence-corrected chi connectivity index (χ3v) is 4.87. The van der Waals surface area contributed by atoms with E-state index in [4.69, 9.17) is 9.47 Å². The molecular formula is C20H33N3O3. The monoisotopic (exact) mass is 363 g/mol.